The Bertz CT molecular complexity index is 510. The van der Waals surface area contributed by atoms with Crippen LogP contribution in [0.2, 0.25) is 0 Å². The van der Waals surface area contributed by atoms with Crippen molar-refractivity contribution >= 4 is 10.0 Å². The summed E-state index contributed by atoms with van der Waals surface area (Å²) in [6, 6.07) is 5.55. The summed E-state index contributed by atoms with van der Waals surface area (Å²) >= 11 is 0. The number of rotatable bonds is 7. The lowest BCUT2D eigenvalue weighted by molar-refractivity contribution is 0.568. The first-order valence-electron chi connectivity index (χ1n) is 6.75. The first-order chi connectivity index (χ1) is 8.90. The normalized spacial score (nSPS) is 12.1. The molecule has 5 heteroatoms. The van der Waals surface area contributed by atoms with Crippen molar-refractivity contribution in [1.82, 2.24) is 10.0 Å². The third-order valence-electron chi connectivity index (χ3n) is 2.77. The molecule has 0 saturated heterocycles. The van der Waals surface area contributed by atoms with Gasteiger partial charge in [0.15, 0.2) is 0 Å². The van der Waals surface area contributed by atoms with Crippen LogP contribution in [-0.4, -0.2) is 21.0 Å². The van der Waals surface area contributed by atoms with Crippen LogP contribution in [0.1, 0.15) is 38.8 Å². The van der Waals surface area contributed by atoms with Gasteiger partial charge in [0.05, 0.1) is 4.90 Å². The second-order valence-corrected chi connectivity index (χ2v) is 6.53. The van der Waals surface area contributed by atoms with E-state index in [0.29, 0.717) is 17.9 Å². The molecular formula is C14H24N2O2S. The lowest BCUT2D eigenvalue weighted by Crippen LogP contribution is -2.31. The quantitative estimate of drug-likeness (QED) is 0.805. The lowest BCUT2D eigenvalue weighted by atomic mass is 10.1. The van der Waals surface area contributed by atoms with Gasteiger partial charge in [-0.15, -0.1) is 0 Å². The van der Waals surface area contributed by atoms with Crippen LogP contribution in [0.25, 0.3) is 0 Å². The zero-order valence-corrected chi connectivity index (χ0v) is 13.0. The van der Waals surface area contributed by atoms with Crippen LogP contribution < -0.4 is 10.0 Å². The fourth-order valence-corrected chi connectivity index (χ4v) is 3.51. The summed E-state index contributed by atoms with van der Waals surface area (Å²) in [5.41, 5.74) is 1.84. The zero-order valence-electron chi connectivity index (χ0n) is 12.2. The number of hydrogen-bond donors (Lipinski definition) is 2. The van der Waals surface area contributed by atoms with Crippen molar-refractivity contribution in [2.45, 2.75) is 51.6 Å². The maximum absolute atomic E-state index is 12.3. The number of hydrogen-bond acceptors (Lipinski definition) is 3. The van der Waals surface area contributed by atoms with Crippen molar-refractivity contribution in [3.63, 3.8) is 0 Å². The Morgan fingerprint density at radius 3 is 2.42 bits per heavy atom. The Balaban J connectivity index is 3.15. The highest BCUT2D eigenvalue weighted by molar-refractivity contribution is 7.89. The Kier molecular flexibility index (Phi) is 5.97. The summed E-state index contributed by atoms with van der Waals surface area (Å²) in [6.45, 7) is 9.19. The fraction of sp³-hybridized carbons (Fsp3) is 0.571. The van der Waals surface area contributed by atoms with E-state index in [0.717, 1.165) is 17.7 Å². The van der Waals surface area contributed by atoms with Gasteiger partial charge in [-0.3, -0.25) is 0 Å². The van der Waals surface area contributed by atoms with E-state index >= 15 is 0 Å². The molecule has 4 nitrogen and oxygen atoms in total. The second kappa shape index (κ2) is 7.03. The largest absolute Gasteiger partial charge is 0.313 e. The summed E-state index contributed by atoms with van der Waals surface area (Å²) in [5.74, 6) is 0. The smallest absolute Gasteiger partial charge is 0.241 e. The summed E-state index contributed by atoms with van der Waals surface area (Å²) in [5, 5.41) is 3.21. The van der Waals surface area contributed by atoms with Crippen molar-refractivity contribution < 1.29 is 8.42 Å². The Morgan fingerprint density at radius 1 is 1.21 bits per heavy atom. The topological polar surface area (TPSA) is 58.2 Å². The molecule has 0 aliphatic heterocycles. The molecule has 0 fully saturated rings. The van der Waals surface area contributed by atoms with E-state index in [1.807, 2.05) is 39.8 Å². The highest BCUT2D eigenvalue weighted by atomic mass is 32.2. The third kappa shape index (κ3) is 4.60. The van der Waals surface area contributed by atoms with E-state index in [4.69, 9.17) is 0 Å². The van der Waals surface area contributed by atoms with Gasteiger partial charge in [0, 0.05) is 12.6 Å². The van der Waals surface area contributed by atoms with E-state index in [9.17, 15) is 8.42 Å². The molecule has 2 N–H and O–H groups in total. The van der Waals surface area contributed by atoms with Gasteiger partial charge in [0.25, 0.3) is 0 Å². The fourth-order valence-electron chi connectivity index (χ4n) is 1.89. The van der Waals surface area contributed by atoms with Crippen LogP contribution in [-0.2, 0) is 23.0 Å². The number of benzene rings is 1. The first-order valence-corrected chi connectivity index (χ1v) is 8.23. The van der Waals surface area contributed by atoms with Crippen LogP contribution in [0.15, 0.2) is 23.1 Å². The van der Waals surface area contributed by atoms with Crippen LogP contribution >= 0.6 is 0 Å². The molecule has 0 aliphatic carbocycles. The molecule has 0 radical (unpaired) electrons. The molecule has 0 amide bonds. The number of sulfonamides is 1. The SMILES string of the molecule is CCNCc1ccc(CC)c(S(=O)(=O)NC(C)C)c1. The van der Waals surface area contributed by atoms with Gasteiger partial charge in [0.2, 0.25) is 10.0 Å². The predicted molar refractivity (Wildman–Crippen MR) is 78.7 cm³/mol. The zero-order chi connectivity index (χ0) is 14.5. The molecule has 108 valence electrons. The van der Waals surface area contributed by atoms with Gasteiger partial charge in [-0.25, -0.2) is 13.1 Å². The molecule has 0 unspecified atom stereocenters. The summed E-state index contributed by atoms with van der Waals surface area (Å²) in [7, 11) is -3.43. The maximum Gasteiger partial charge on any atom is 0.241 e. The van der Waals surface area contributed by atoms with Gasteiger partial charge in [-0.05, 0) is 44.0 Å². The minimum Gasteiger partial charge on any atom is -0.313 e. The maximum atomic E-state index is 12.3. The first kappa shape index (κ1) is 16.1. The van der Waals surface area contributed by atoms with Crippen LogP contribution in [0, 0.1) is 0 Å². The monoisotopic (exact) mass is 284 g/mol. The van der Waals surface area contributed by atoms with Gasteiger partial charge < -0.3 is 5.32 Å². The van der Waals surface area contributed by atoms with Crippen molar-refractivity contribution in [1.29, 1.82) is 0 Å². The highest BCUT2D eigenvalue weighted by Gasteiger charge is 2.19. The van der Waals surface area contributed by atoms with E-state index < -0.39 is 10.0 Å². The highest BCUT2D eigenvalue weighted by Crippen LogP contribution is 2.19. The summed E-state index contributed by atoms with van der Waals surface area (Å²) in [4.78, 5) is 0.402. The minimum atomic E-state index is -3.43. The molecule has 1 aromatic rings. The van der Waals surface area contributed by atoms with Crippen LogP contribution in [0.4, 0.5) is 0 Å². The standard InChI is InChI=1S/C14H24N2O2S/c1-5-13-8-7-12(10-15-6-2)9-14(13)19(17,18)16-11(3)4/h7-9,11,15-16H,5-6,10H2,1-4H3. The van der Waals surface area contributed by atoms with E-state index in [-0.39, 0.29) is 6.04 Å². The molecular weight excluding hydrogens is 260 g/mol. The van der Waals surface area contributed by atoms with Gasteiger partial charge >= 0.3 is 0 Å². The number of aryl methyl sites for hydroxylation is 1. The van der Waals surface area contributed by atoms with Gasteiger partial charge in [-0.2, -0.15) is 0 Å². The van der Waals surface area contributed by atoms with Crippen molar-refractivity contribution in [3.8, 4) is 0 Å². The average molecular weight is 284 g/mol. The van der Waals surface area contributed by atoms with Crippen molar-refractivity contribution in [2.75, 3.05) is 6.54 Å². The third-order valence-corrected chi connectivity index (χ3v) is 4.51. The molecule has 0 spiro atoms. The van der Waals surface area contributed by atoms with Crippen molar-refractivity contribution in [2.24, 2.45) is 0 Å². The van der Waals surface area contributed by atoms with Gasteiger partial charge in [0.1, 0.15) is 0 Å². The molecule has 0 aromatic heterocycles. The van der Waals surface area contributed by atoms with Gasteiger partial charge in [-0.1, -0.05) is 26.0 Å². The molecule has 0 aliphatic rings. The second-order valence-electron chi connectivity index (χ2n) is 4.85. The molecule has 0 bridgehead atoms. The minimum absolute atomic E-state index is 0.105. The molecule has 0 atom stereocenters. The molecule has 1 aromatic carbocycles. The van der Waals surface area contributed by atoms with E-state index in [1.165, 1.54) is 0 Å². The predicted octanol–water partition coefficient (Wildman–Crippen LogP) is 2.05. The van der Waals surface area contributed by atoms with Crippen molar-refractivity contribution in [3.05, 3.63) is 29.3 Å². The van der Waals surface area contributed by atoms with Crippen LogP contribution in [0.3, 0.4) is 0 Å². The number of nitrogens with one attached hydrogen (secondary N) is 2. The van der Waals surface area contributed by atoms with E-state index in [1.54, 1.807) is 6.07 Å². The molecule has 0 saturated carbocycles. The summed E-state index contributed by atoms with van der Waals surface area (Å²) < 4.78 is 27.3. The Labute approximate surface area is 116 Å². The Morgan fingerprint density at radius 2 is 1.89 bits per heavy atom. The molecule has 1 rings (SSSR count). The average Bonchev–Trinajstić information content (AvgIpc) is 2.34. The van der Waals surface area contributed by atoms with E-state index in [2.05, 4.69) is 10.0 Å². The summed E-state index contributed by atoms with van der Waals surface area (Å²) in [6.07, 6.45) is 0.704. The molecule has 0 heterocycles. The Hall–Kier alpha value is -0.910. The lowest BCUT2D eigenvalue weighted by Gasteiger charge is -2.14. The molecule has 19 heavy (non-hydrogen) atoms. The van der Waals surface area contributed by atoms with Crippen LogP contribution in [0.5, 0.6) is 0 Å².